The highest BCUT2D eigenvalue weighted by Gasteiger charge is 2.63. The molecule has 0 amide bonds. The molecule has 0 spiro atoms. The van der Waals surface area contributed by atoms with E-state index in [1.807, 2.05) is 6.92 Å². The van der Waals surface area contributed by atoms with Crippen molar-refractivity contribution in [3.63, 3.8) is 0 Å². The van der Waals surface area contributed by atoms with Gasteiger partial charge in [-0.1, -0.05) is 13.8 Å². The van der Waals surface area contributed by atoms with Gasteiger partial charge < -0.3 is 20.1 Å². The number of carbonyl (C=O) groups excluding carboxylic acids is 1. The molecule has 0 aromatic heterocycles. The lowest BCUT2D eigenvalue weighted by molar-refractivity contribution is -0.169. The zero-order valence-corrected chi connectivity index (χ0v) is 18.5. The maximum Gasteiger partial charge on any atom is 0.306 e. The van der Waals surface area contributed by atoms with Gasteiger partial charge in [-0.15, -0.1) is 0 Å². The molecule has 0 bridgehead atoms. The third kappa shape index (κ3) is 3.48. The van der Waals surface area contributed by atoms with E-state index in [0.29, 0.717) is 25.7 Å². The summed E-state index contributed by atoms with van der Waals surface area (Å²) in [5.41, 5.74) is -0.701. The Morgan fingerprint density at radius 3 is 2.60 bits per heavy atom. The van der Waals surface area contributed by atoms with Crippen LogP contribution in [0, 0.1) is 40.9 Å². The molecule has 0 aromatic rings. The lowest BCUT2D eigenvalue weighted by Gasteiger charge is -2.57. The summed E-state index contributed by atoms with van der Waals surface area (Å²) >= 11 is 0. The molecule has 4 rings (SSSR count). The molecule has 0 radical (unpaired) electrons. The number of aliphatic hydroxyl groups excluding tert-OH is 2. The van der Waals surface area contributed by atoms with Crippen molar-refractivity contribution in [2.75, 3.05) is 0 Å². The number of hydrogen-bond acceptors (Lipinski definition) is 5. The van der Waals surface area contributed by atoms with Crippen LogP contribution in [0.4, 0.5) is 0 Å². The summed E-state index contributed by atoms with van der Waals surface area (Å²) < 4.78 is 6.20. The van der Waals surface area contributed by atoms with Gasteiger partial charge in [0.2, 0.25) is 0 Å². The van der Waals surface area contributed by atoms with Crippen molar-refractivity contribution in [3.05, 3.63) is 0 Å². The maximum atomic E-state index is 13.1. The molecular weight excluding hydrogens is 384 g/mol. The highest BCUT2D eigenvalue weighted by atomic mass is 16.6. The Morgan fingerprint density at radius 1 is 1.17 bits per heavy atom. The SMILES string of the molecule is C[C@H](CCC(=O)O)[C@H]1CC[C@H]2[C@@H]3[C@H](O)C[C@@H]4C[C@H](O)CC[C@]4(C)[C@H]3CC(=O)O[C@]12C. The monoisotopic (exact) mass is 422 g/mol. The summed E-state index contributed by atoms with van der Waals surface area (Å²) in [4.78, 5) is 24.1. The first kappa shape index (κ1) is 22.1. The molecule has 3 saturated carbocycles. The lowest BCUT2D eigenvalue weighted by atomic mass is 9.48. The van der Waals surface area contributed by atoms with Crippen molar-refractivity contribution < 1.29 is 29.6 Å². The van der Waals surface area contributed by atoms with Crippen molar-refractivity contribution >= 4 is 11.9 Å². The molecule has 0 aromatic carbocycles. The number of fused-ring (bicyclic) bond motifs is 5. The Bertz CT molecular complexity index is 693. The van der Waals surface area contributed by atoms with Gasteiger partial charge in [-0.2, -0.15) is 0 Å². The van der Waals surface area contributed by atoms with E-state index >= 15 is 0 Å². The largest absolute Gasteiger partial charge is 0.481 e. The molecule has 30 heavy (non-hydrogen) atoms. The van der Waals surface area contributed by atoms with E-state index in [2.05, 4.69) is 13.8 Å². The van der Waals surface area contributed by atoms with Gasteiger partial charge in [0.15, 0.2) is 0 Å². The number of ether oxygens (including phenoxy) is 1. The van der Waals surface area contributed by atoms with Gasteiger partial charge in [0.1, 0.15) is 5.60 Å². The second kappa shape index (κ2) is 7.77. The number of carboxylic acids is 1. The van der Waals surface area contributed by atoms with Crippen LogP contribution in [-0.4, -0.2) is 45.1 Å². The van der Waals surface area contributed by atoms with Crippen molar-refractivity contribution in [1.29, 1.82) is 0 Å². The first-order valence-corrected chi connectivity index (χ1v) is 11.9. The average Bonchev–Trinajstić information content (AvgIpc) is 2.92. The summed E-state index contributed by atoms with van der Waals surface area (Å²) in [7, 11) is 0. The molecule has 0 unspecified atom stereocenters. The van der Waals surface area contributed by atoms with Gasteiger partial charge in [0.25, 0.3) is 0 Å². The van der Waals surface area contributed by atoms with Gasteiger partial charge in [-0.3, -0.25) is 9.59 Å². The van der Waals surface area contributed by atoms with Crippen molar-refractivity contribution in [2.24, 2.45) is 40.9 Å². The fourth-order valence-electron chi connectivity index (χ4n) is 8.13. The molecule has 3 aliphatic carbocycles. The van der Waals surface area contributed by atoms with E-state index in [-0.39, 0.29) is 59.4 Å². The van der Waals surface area contributed by atoms with Crippen LogP contribution >= 0.6 is 0 Å². The highest BCUT2D eigenvalue weighted by molar-refractivity contribution is 5.71. The lowest BCUT2D eigenvalue weighted by Crippen LogP contribution is -2.56. The number of carbonyl (C=O) groups is 2. The highest BCUT2D eigenvalue weighted by Crippen LogP contribution is 2.63. The molecule has 3 N–H and O–H groups in total. The average molecular weight is 423 g/mol. The molecule has 1 heterocycles. The third-order valence-electron chi connectivity index (χ3n) is 9.73. The van der Waals surface area contributed by atoms with Gasteiger partial charge in [0.05, 0.1) is 12.2 Å². The summed E-state index contributed by atoms with van der Waals surface area (Å²) in [6, 6.07) is 0. The molecule has 10 atom stereocenters. The Kier molecular flexibility index (Phi) is 5.72. The standard InChI is InChI=1S/C24H38O6/c1-13(4-7-20(27)28)16-5-6-17-22-18(12-21(29)30-24(16,17)3)23(2)9-8-15(25)10-14(23)11-19(22)26/h13-19,22,25-26H,4-12H2,1-3H3,(H,27,28)/t13-,14+,15-,16-,17+,18+,19-,22+,23+,24-/m1/s1. The van der Waals surface area contributed by atoms with Gasteiger partial charge in [-0.05, 0) is 81.0 Å². The number of aliphatic hydroxyl groups is 2. The summed E-state index contributed by atoms with van der Waals surface area (Å²) in [5.74, 6) is -0.258. The van der Waals surface area contributed by atoms with Crippen LogP contribution in [0.5, 0.6) is 0 Å². The van der Waals surface area contributed by atoms with Crippen LogP contribution in [0.25, 0.3) is 0 Å². The normalized spacial score (nSPS) is 49.2. The van der Waals surface area contributed by atoms with Crippen LogP contribution in [0.2, 0.25) is 0 Å². The molecular formula is C24H38O6. The quantitative estimate of drug-likeness (QED) is 0.600. The van der Waals surface area contributed by atoms with Crippen LogP contribution in [0.3, 0.4) is 0 Å². The predicted octanol–water partition coefficient (Wildman–Crippen LogP) is 3.38. The molecule has 4 aliphatic rings. The van der Waals surface area contributed by atoms with Crippen molar-refractivity contribution in [1.82, 2.24) is 0 Å². The van der Waals surface area contributed by atoms with Crippen LogP contribution in [0.15, 0.2) is 0 Å². The van der Waals surface area contributed by atoms with Crippen LogP contribution in [-0.2, 0) is 14.3 Å². The first-order chi connectivity index (χ1) is 14.1. The molecule has 170 valence electrons. The van der Waals surface area contributed by atoms with Gasteiger partial charge in [0, 0.05) is 24.7 Å². The van der Waals surface area contributed by atoms with Crippen molar-refractivity contribution in [2.45, 2.75) is 96.4 Å². The Hall–Kier alpha value is -1.14. The van der Waals surface area contributed by atoms with Crippen LogP contribution in [0.1, 0.15) is 78.6 Å². The zero-order valence-electron chi connectivity index (χ0n) is 18.5. The minimum atomic E-state index is -0.791. The number of carboxylic acid groups (broad SMARTS) is 1. The topological polar surface area (TPSA) is 104 Å². The van der Waals surface area contributed by atoms with Gasteiger partial charge in [-0.25, -0.2) is 0 Å². The number of hydrogen-bond donors (Lipinski definition) is 3. The second-order valence-corrected chi connectivity index (χ2v) is 11.2. The molecule has 6 nitrogen and oxygen atoms in total. The first-order valence-electron chi connectivity index (χ1n) is 11.9. The smallest absolute Gasteiger partial charge is 0.306 e. The molecule has 1 saturated heterocycles. The number of esters is 1. The second-order valence-electron chi connectivity index (χ2n) is 11.2. The molecule has 4 fully saturated rings. The Morgan fingerprint density at radius 2 is 1.90 bits per heavy atom. The molecule has 1 aliphatic heterocycles. The maximum absolute atomic E-state index is 13.1. The number of aliphatic carboxylic acids is 1. The fraction of sp³-hybridized carbons (Fsp3) is 0.917. The van der Waals surface area contributed by atoms with E-state index in [1.54, 1.807) is 0 Å². The Labute approximate surface area is 179 Å². The van der Waals surface area contributed by atoms with E-state index in [9.17, 15) is 19.8 Å². The fourth-order valence-corrected chi connectivity index (χ4v) is 8.13. The van der Waals surface area contributed by atoms with Gasteiger partial charge >= 0.3 is 11.9 Å². The van der Waals surface area contributed by atoms with E-state index in [4.69, 9.17) is 9.84 Å². The zero-order chi connectivity index (χ0) is 21.8. The summed E-state index contributed by atoms with van der Waals surface area (Å²) in [5, 5.41) is 30.6. The minimum absolute atomic E-state index is 0.0228. The summed E-state index contributed by atoms with van der Waals surface area (Å²) in [6.07, 6.45) is 5.13. The molecule has 6 heteroatoms. The summed E-state index contributed by atoms with van der Waals surface area (Å²) in [6.45, 7) is 6.39. The van der Waals surface area contributed by atoms with Crippen molar-refractivity contribution in [3.8, 4) is 0 Å². The van der Waals surface area contributed by atoms with E-state index in [0.717, 1.165) is 25.7 Å². The van der Waals surface area contributed by atoms with E-state index < -0.39 is 17.7 Å². The number of rotatable bonds is 4. The van der Waals surface area contributed by atoms with Crippen LogP contribution < -0.4 is 0 Å². The minimum Gasteiger partial charge on any atom is -0.481 e. The predicted molar refractivity (Wildman–Crippen MR) is 110 cm³/mol. The Balaban J connectivity index is 1.65. The third-order valence-corrected chi connectivity index (χ3v) is 9.73. The van der Waals surface area contributed by atoms with E-state index in [1.165, 1.54) is 0 Å².